The molecule has 4 nitrogen and oxygen atoms in total. The normalized spacial score (nSPS) is 10.0. The van der Waals surface area contributed by atoms with Gasteiger partial charge in [0, 0.05) is 0 Å². The van der Waals surface area contributed by atoms with Gasteiger partial charge in [-0.1, -0.05) is 0 Å². The minimum atomic E-state index is -0.509. The first-order valence-corrected chi connectivity index (χ1v) is 1.52. The summed E-state index contributed by atoms with van der Waals surface area (Å²) in [5.74, 6) is 9.16. The molecule has 0 aromatic heterocycles. The molecular weight excluding hydrogens is 84.0 g/mol. The smallest absolute Gasteiger partial charge is 0.193 e. The van der Waals surface area contributed by atoms with Gasteiger partial charge in [0.05, 0.1) is 0 Å². The van der Waals surface area contributed by atoms with Crippen molar-refractivity contribution >= 4 is 0 Å². The molecule has 0 saturated heterocycles. The average molecular weight is 92.1 g/mol. The van der Waals surface area contributed by atoms with Crippen LogP contribution >= 0.6 is 0 Å². The van der Waals surface area contributed by atoms with Crippen LogP contribution in [0.3, 0.4) is 0 Å². The summed E-state index contributed by atoms with van der Waals surface area (Å²) in [6, 6.07) is 0. The van der Waals surface area contributed by atoms with E-state index in [0.717, 1.165) is 0 Å². The molecule has 0 aromatic rings. The van der Waals surface area contributed by atoms with Gasteiger partial charge in [0.2, 0.25) is 0 Å². The molecule has 4 N–H and O–H groups in total. The fourth-order valence-corrected chi connectivity index (χ4v) is 0.0321. The van der Waals surface area contributed by atoms with E-state index in [9.17, 15) is 0 Å². The molecule has 0 radical (unpaired) electrons. The summed E-state index contributed by atoms with van der Waals surface area (Å²) in [6.07, 6.45) is -0.509. The molecular formula is C2H8N2O2. The highest BCUT2D eigenvalue weighted by Gasteiger charge is 1.90. The van der Waals surface area contributed by atoms with Crippen LogP contribution in [0.25, 0.3) is 0 Å². The predicted octanol–water partition coefficient (Wildman–Crippen LogP) is -0.887. The van der Waals surface area contributed by atoms with Crippen molar-refractivity contribution in [1.29, 1.82) is 0 Å². The van der Waals surface area contributed by atoms with E-state index in [0.29, 0.717) is 0 Å². The molecule has 0 heterocycles. The second-order valence-corrected chi connectivity index (χ2v) is 0.840. The molecule has 0 rings (SSSR count). The Bertz CT molecular complexity index is 28.7. The zero-order valence-corrected chi connectivity index (χ0v) is 3.55. The van der Waals surface area contributed by atoms with E-state index in [-0.39, 0.29) is 0 Å². The topological polar surface area (TPSA) is 70.5 Å². The van der Waals surface area contributed by atoms with Gasteiger partial charge >= 0.3 is 0 Å². The lowest BCUT2D eigenvalue weighted by atomic mass is 10.8. The van der Waals surface area contributed by atoms with E-state index in [2.05, 4.69) is 21.5 Å². The highest BCUT2D eigenvalue weighted by Crippen LogP contribution is 1.77. The number of rotatable bonds is 2. The van der Waals surface area contributed by atoms with Crippen LogP contribution in [-0.2, 0) is 9.68 Å². The van der Waals surface area contributed by atoms with Gasteiger partial charge in [-0.15, -0.1) is 0 Å². The lowest BCUT2D eigenvalue weighted by Gasteiger charge is -2.01. The molecule has 0 fully saturated rings. The van der Waals surface area contributed by atoms with Crippen molar-refractivity contribution in [2.45, 2.75) is 13.2 Å². The molecule has 0 spiro atoms. The third kappa shape index (κ3) is 2.10. The lowest BCUT2D eigenvalue weighted by molar-refractivity contribution is -0.135. The maximum Gasteiger partial charge on any atom is 0.193 e. The van der Waals surface area contributed by atoms with E-state index < -0.39 is 6.29 Å². The Labute approximate surface area is 35.9 Å². The van der Waals surface area contributed by atoms with Gasteiger partial charge in [0.25, 0.3) is 0 Å². The first-order valence-electron chi connectivity index (χ1n) is 1.52. The second kappa shape index (κ2) is 3.05. The van der Waals surface area contributed by atoms with Crippen LogP contribution in [-0.4, -0.2) is 6.29 Å². The summed E-state index contributed by atoms with van der Waals surface area (Å²) < 4.78 is 0. The number of nitrogens with two attached hydrogens (primary N) is 2. The molecule has 0 saturated carbocycles. The van der Waals surface area contributed by atoms with Gasteiger partial charge in [-0.3, -0.25) is 9.68 Å². The van der Waals surface area contributed by atoms with Crippen LogP contribution in [0.5, 0.6) is 0 Å². The second-order valence-electron chi connectivity index (χ2n) is 0.840. The molecule has 38 valence electrons. The third-order valence-electron chi connectivity index (χ3n) is 0.383. The maximum absolute atomic E-state index is 4.58. The van der Waals surface area contributed by atoms with Crippen LogP contribution in [0.15, 0.2) is 0 Å². The largest absolute Gasteiger partial charge is 0.271 e. The Morgan fingerprint density at radius 1 is 1.33 bits per heavy atom. The van der Waals surface area contributed by atoms with Gasteiger partial charge in [-0.05, 0) is 6.92 Å². The fourth-order valence-electron chi connectivity index (χ4n) is 0.0321. The van der Waals surface area contributed by atoms with E-state index in [4.69, 9.17) is 0 Å². The Balaban J connectivity index is 2.75. The molecule has 0 aromatic carbocycles. The monoisotopic (exact) mass is 92.1 g/mol. The average Bonchev–Trinajstić information content (AvgIpc) is 1.65. The van der Waals surface area contributed by atoms with Crippen LogP contribution in [0.4, 0.5) is 0 Å². The summed E-state index contributed by atoms with van der Waals surface area (Å²) in [6.45, 7) is 1.58. The first kappa shape index (κ1) is 5.84. The van der Waals surface area contributed by atoms with Crippen molar-refractivity contribution in [3.63, 3.8) is 0 Å². The summed E-state index contributed by atoms with van der Waals surface area (Å²) >= 11 is 0. The van der Waals surface area contributed by atoms with Gasteiger partial charge in [0.1, 0.15) is 0 Å². The van der Waals surface area contributed by atoms with E-state index in [1.54, 1.807) is 6.92 Å². The molecule has 0 aliphatic carbocycles. The molecule has 0 amide bonds. The molecule has 0 atom stereocenters. The first-order chi connectivity index (χ1) is 2.81. The van der Waals surface area contributed by atoms with E-state index in [1.807, 2.05) is 0 Å². The van der Waals surface area contributed by atoms with Crippen molar-refractivity contribution in [3.05, 3.63) is 0 Å². The van der Waals surface area contributed by atoms with Crippen molar-refractivity contribution in [2.75, 3.05) is 0 Å². The van der Waals surface area contributed by atoms with E-state index in [1.165, 1.54) is 0 Å². The summed E-state index contributed by atoms with van der Waals surface area (Å²) in [7, 11) is 0. The van der Waals surface area contributed by atoms with Crippen molar-refractivity contribution in [3.8, 4) is 0 Å². The maximum atomic E-state index is 4.58. The molecule has 0 aliphatic heterocycles. The SMILES string of the molecule is CC(ON)ON. The quantitative estimate of drug-likeness (QED) is 0.342. The lowest BCUT2D eigenvalue weighted by Crippen LogP contribution is -2.20. The molecule has 0 aliphatic rings. The van der Waals surface area contributed by atoms with E-state index >= 15 is 0 Å². The van der Waals surface area contributed by atoms with Gasteiger partial charge < -0.3 is 0 Å². The number of hydrogen-bond acceptors (Lipinski definition) is 4. The van der Waals surface area contributed by atoms with Crippen LogP contribution < -0.4 is 11.8 Å². The van der Waals surface area contributed by atoms with Gasteiger partial charge in [-0.2, -0.15) is 0 Å². The zero-order valence-electron chi connectivity index (χ0n) is 3.55. The van der Waals surface area contributed by atoms with Crippen LogP contribution in [0, 0.1) is 0 Å². The minimum absolute atomic E-state index is 0.509. The molecule has 6 heavy (non-hydrogen) atoms. The van der Waals surface area contributed by atoms with Crippen molar-refractivity contribution in [2.24, 2.45) is 11.8 Å². The standard InChI is InChI=1S/C2H8N2O2/c1-2(5-3)6-4/h2H,3-4H2,1H3. The predicted molar refractivity (Wildman–Crippen MR) is 20.0 cm³/mol. The highest BCUT2D eigenvalue weighted by atomic mass is 16.8. The van der Waals surface area contributed by atoms with Gasteiger partial charge in [0.15, 0.2) is 6.29 Å². The Morgan fingerprint density at radius 2 is 1.67 bits per heavy atom. The Kier molecular flexibility index (Phi) is 2.97. The Hall–Kier alpha value is -0.160. The number of hydrogen-bond donors (Lipinski definition) is 2. The highest BCUT2D eigenvalue weighted by molar-refractivity contribution is 4.14. The van der Waals surface area contributed by atoms with Crippen LogP contribution in [0.2, 0.25) is 0 Å². The summed E-state index contributed by atoms with van der Waals surface area (Å²) in [4.78, 5) is 8.10. The fraction of sp³-hybridized carbons (Fsp3) is 1.00. The summed E-state index contributed by atoms with van der Waals surface area (Å²) in [5.41, 5.74) is 0. The van der Waals surface area contributed by atoms with Crippen molar-refractivity contribution < 1.29 is 9.68 Å². The minimum Gasteiger partial charge on any atom is -0.271 e. The third-order valence-corrected chi connectivity index (χ3v) is 0.383. The van der Waals surface area contributed by atoms with Gasteiger partial charge in [-0.25, -0.2) is 11.8 Å². The Morgan fingerprint density at radius 3 is 1.67 bits per heavy atom. The van der Waals surface area contributed by atoms with Crippen molar-refractivity contribution in [1.82, 2.24) is 0 Å². The zero-order chi connectivity index (χ0) is 4.99. The van der Waals surface area contributed by atoms with Crippen LogP contribution in [0.1, 0.15) is 6.92 Å². The molecule has 4 heteroatoms. The molecule has 0 bridgehead atoms. The summed E-state index contributed by atoms with van der Waals surface area (Å²) in [5, 5.41) is 0. The molecule has 0 unspecified atom stereocenters.